The van der Waals surface area contributed by atoms with E-state index in [1.165, 1.54) is 17.1 Å². The molecule has 1 aromatic carbocycles. The average Bonchev–Trinajstić information content (AvgIpc) is 2.25. The standard InChI is InChI=1S/C12H19NS/c1-2-14-11-10-13-9-8-12-6-4-3-5-7-12/h3-7,13H,2,8-11H2,1H3. The van der Waals surface area contributed by atoms with Crippen molar-refractivity contribution in [1.82, 2.24) is 5.32 Å². The largest absolute Gasteiger partial charge is 0.316 e. The fourth-order valence-corrected chi connectivity index (χ4v) is 1.87. The van der Waals surface area contributed by atoms with Gasteiger partial charge in [-0.3, -0.25) is 0 Å². The third-order valence-electron chi connectivity index (χ3n) is 2.06. The minimum atomic E-state index is 1.09. The van der Waals surface area contributed by atoms with E-state index >= 15 is 0 Å². The van der Waals surface area contributed by atoms with Gasteiger partial charge in [-0.1, -0.05) is 37.3 Å². The Labute approximate surface area is 91.3 Å². The van der Waals surface area contributed by atoms with Gasteiger partial charge in [0.2, 0.25) is 0 Å². The van der Waals surface area contributed by atoms with E-state index in [0.717, 1.165) is 19.5 Å². The summed E-state index contributed by atoms with van der Waals surface area (Å²) in [5.41, 5.74) is 1.42. The second-order valence-electron chi connectivity index (χ2n) is 3.18. The van der Waals surface area contributed by atoms with Crippen LogP contribution in [0.4, 0.5) is 0 Å². The van der Waals surface area contributed by atoms with Gasteiger partial charge in [-0.25, -0.2) is 0 Å². The zero-order valence-electron chi connectivity index (χ0n) is 8.83. The molecule has 2 heteroatoms. The highest BCUT2D eigenvalue weighted by atomic mass is 32.2. The molecule has 1 N–H and O–H groups in total. The molecule has 0 heterocycles. The molecule has 0 aliphatic heterocycles. The van der Waals surface area contributed by atoms with E-state index in [0.29, 0.717) is 0 Å². The summed E-state index contributed by atoms with van der Waals surface area (Å²) in [5, 5.41) is 3.45. The Morgan fingerprint density at radius 1 is 1.14 bits per heavy atom. The molecular weight excluding hydrogens is 190 g/mol. The minimum Gasteiger partial charge on any atom is -0.316 e. The fourth-order valence-electron chi connectivity index (χ4n) is 1.29. The monoisotopic (exact) mass is 209 g/mol. The molecule has 0 amide bonds. The lowest BCUT2D eigenvalue weighted by atomic mass is 10.1. The summed E-state index contributed by atoms with van der Waals surface area (Å²) in [6, 6.07) is 10.6. The predicted octanol–water partition coefficient (Wildman–Crippen LogP) is 2.57. The maximum Gasteiger partial charge on any atom is 0.00580 e. The lowest BCUT2D eigenvalue weighted by Gasteiger charge is -2.03. The molecule has 78 valence electrons. The number of thioether (sulfide) groups is 1. The zero-order valence-corrected chi connectivity index (χ0v) is 9.65. The number of hydrogen-bond donors (Lipinski definition) is 1. The minimum absolute atomic E-state index is 1.09. The van der Waals surface area contributed by atoms with Crippen molar-refractivity contribution in [2.24, 2.45) is 0 Å². The summed E-state index contributed by atoms with van der Waals surface area (Å²) in [4.78, 5) is 0. The third kappa shape index (κ3) is 5.30. The van der Waals surface area contributed by atoms with Gasteiger partial charge in [0.1, 0.15) is 0 Å². The molecule has 1 nitrogen and oxygen atoms in total. The van der Waals surface area contributed by atoms with Crippen LogP contribution < -0.4 is 5.32 Å². The van der Waals surface area contributed by atoms with Crippen molar-refractivity contribution in [2.45, 2.75) is 13.3 Å². The van der Waals surface area contributed by atoms with Crippen molar-refractivity contribution in [3.8, 4) is 0 Å². The molecule has 1 aromatic rings. The van der Waals surface area contributed by atoms with Gasteiger partial charge in [0.25, 0.3) is 0 Å². The lowest BCUT2D eigenvalue weighted by Crippen LogP contribution is -2.20. The molecule has 14 heavy (non-hydrogen) atoms. The van der Waals surface area contributed by atoms with E-state index in [1.807, 2.05) is 11.8 Å². The maximum atomic E-state index is 3.45. The van der Waals surface area contributed by atoms with Crippen molar-refractivity contribution in [1.29, 1.82) is 0 Å². The van der Waals surface area contributed by atoms with Crippen LogP contribution >= 0.6 is 11.8 Å². The Kier molecular flexibility index (Phi) is 6.54. The van der Waals surface area contributed by atoms with Crippen LogP contribution in [0.15, 0.2) is 30.3 Å². The van der Waals surface area contributed by atoms with Crippen LogP contribution in [0.25, 0.3) is 0 Å². The average molecular weight is 209 g/mol. The van der Waals surface area contributed by atoms with Crippen molar-refractivity contribution in [3.63, 3.8) is 0 Å². The molecule has 0 unspecified atom stereocenters. The second kappa shape index (κ2) is 7.89. The Morgan fingerprint density at radius 3 is 2.64 bits per heavy atom. The SMILES string of the molecule is CCSCCNCCc1ccccc1. The Bertz CT molecular complexity index is 223. The molecule has 0 atom stereocenters. The normalized spacial score (nSPS) is 10.4. The summed E-state index contributed by atoms with van der Waals surface area (Å²) >= 11 is 1.99. The summed E-state index contributed by atoms with van der Waals surface area (Å²) in [6.45, 7) is 4.42. The molecule has 0 bridgehead atoms. The number of rotatable bonds is 7. The van der Waals surface area contributed by atoms with Crippen LogP contribution in [0.5, 0.6) is 0 Å². The first-order chi connectivity index (χ1) is 6.93. The molecule has 0 fully saturated rings. The maximum absolute atomic E-state index is 3.45. The van der Waals surface area contributed by atoms with E-state index in [1.54, 1.807) is 0 Å². The van der Waals surface area contributed by atoms with Gasteiger partial charge in [-0.2, -0.15) is 11.8 Å². The van der Waals surface area contributed by atoms with Crippen molar-refractivity contribution >= 4 is 11.8 Å². The van der Waals surface area contributed by atoms with Gasteiger partial charge in [-0.05, 0) is 24.3 Å². The summed E-state index contributed by atoms with van der Waals surface area (Å²) < 4.78 is 0. The highest BCUT2D eigenvalue weighted by molar-refractivity contribution is 7.99. The molecule has 0 saturated heterocycles. The van der Waals surface area contributed by atoms with Gasteiger partial charge in [0.05, 0.1) is 0 Å². The number of benzene rings is 1. The summed E-state index contributed by atoms with van der Waals surface area (Å²) in [5.74, 6) is 2.45. The number of nitrogens with one attached hydrogen (secondary N) is 1. The van der Waals surface area contributed by atoms with Crippen LogP contribution in [0.2, 0.25) is 0 Å². The van der Waals surface area contributed by atoms with E-state index < -0.39 is 0 Å². The van der Waals surface area contributed by atoms with Gasteiger partial charge < -0.3 is 5.32 Å². The third-order valence-corrected chi connectivity index (χ3v) is 2.96. The van der Waals surface area contributed by atoms with Crippen LogP contribution in [0.1, 0.15) is 12.5 Å². The Hall–Kier alpha value is -0.470. The van der Waals surface area contributed by atoms with Gasteiger partial charge >= 0.3 is 0 Å². The molecular formula is C12H19NS. The van der Waals surface area contributed by atoms with E-state index in [4.69, 9.17) is 0 Å². The Balaban J connectivity index is 1.99. The van der Waals surface area contributed by atoms with Gasteiger partial charge in [0.15, 0.2) is 0 Å². The summed E-state index contributed by atoms with van der Waals surface area (Å²) in [7, 11) is 0. The zero-order chi connectivity index (χ0) is 10.1. The second-order valence-corrected chi connectivity index (χ2v) is 4.58. The fraction of sp³-hybridized carbons (Fsp3) is 0.500. The molecule has 0 aromatic heterocycles. The van der Waals surface area contributed by atoms with Crippen molar-refractivity contribution in [2.75, 3.05) is 24.6 Å². The van der Waals surface area contributed by atoms with Crippen LogP contribution in [-0.4, -0.2) is 24.6 Å². The van der Waals surface area contributed by atoms with Crippen molar-refractivity contribution in [3.05, 3.63) is 35.9 Å². The first kappa shape index (κ1) is 11.6. The van der Waals surface area contributed by atoms with Crippen molar-refractivity contribution < 1.29 is 0 Å². The molecule has 1 rings (SSSR count). The number of hydrogen-bond acceptors (Lipinski definition) is 2. The smallest absolute Gasteiger partial charge is 0.00580 e. The van der Waals surface area contributed by atoms with Crippen LogP contribution in [0, 0.1) is 0 Å². The van der Waals surface area contributed by atoms with Gasteiger partial charge in [-0.15, -0.1) is 0 Å². The highest BCUT2D eigenvalue weighted by Crippen LogP contribution is 1.98. The van der Waals surface area contributed by atoms with E-state index in [-0.39, 0.29) is 0 Å². The Morgan fingerprint density at radius 2 is 1.93 bits per heavy atom. The summed E-state index contributed by atoms with van der Waals surface area (Å²) in [6.07, 6.45) is 1.14. The highest BCUT2D eigenvalue weighted by Gasteiger charge is 1.90. The van der Waals surface area contributed by atoms with E-state index in [2.05, 4.69) is 42.6 Å². The van der Waals surface area contributed by atoms with Crippen LogP contribution in [0.3, 0.4) is 0 Å². The molecule has 0 spiro atoms. The molecule has 0 aliphatic rings. The molecule has 0 aliphatic carbocycles. The van der Waals surface area contributed by atoms with Crippen LogP contribution in [-0.2, 0) is 6.42 Å². The molecule has 0 radical (unpaired) electrons. The molecule has 0 saturated carbocycles. The first-order valence-electron chi connectivity index (χ1n) is 5.26. The topological polar surface area (TPSA) is 12.0 Å². The first-order valence-corrected chi connectivity index (χ1v) is 6.41. The quantitative estimate of drug-likeness (QED) is 0.693. The lowest BCUT2D eigenvalue weighted by molar-refractivity contribution is 0.721. The van der Waals surface area contributed by atoms with Gasteiger partial charge in [0, 0.05) is 12.3 Å². The predicted molar refractivity (Wildman–Crippen MR) is 66.0 cm³/mol. The van der Waals surface area contributed by atoms with E-state index in [9.17, 15) is 0 Å².